The normalized spacial score (nSPS) is 12.6. The third-order valence-corrected chi connectivity index (χ3v) is 4.33. The number of tetrazole rings is 1. The Labute approximate surface area is 150 Å². The Kier molecular flexibility index (Phi) is 4.85. The molecule has 0 aliphatic heterocycles. The van der Waals surface area contributed by atoms with Gasteiger partial charge in [0.15, 0.2) is 5.82 Å². The van der Waals surface area contributed by atoms with Gasteiger partial charge >= 0.3 is 0 Å². The van der Waals surface area contributed by atoms with Crippen molar-refractivity contribution in [3.63, 3.8) is 0 Å². The molecule has 0 N–H and O–H groups in total. The molecular formula is C17H17Cl2N5. The molecular weight excluding hydrogens is 345 g/mol. The molecule has 3 aromatic rings. The summed E-state index contributed by atoms with van der Waals surface area (Å²) in [5, 5.41) is 13.7. The van der Waals surface area contributed by atoms with Gasteiger partial charge in [0.25, 0.3) is 0 Å². The van der Waals surface area contributed by atoms with Crippen molar-refractivity contribution in [2.24, 2.45) is 0 Å². The first-order valence-electron chi connectivity index (χ1n) is 7.44. The summed E-state index contributed by atoms with van der Waals surface area (Å²) in [6.07, 6.45) is 0. The third kappa shape index (κ3) is 3.29. The fraction of sp³-hybridized carbons (Fsp3) is 0.235. The number of aryl methyl sites for hydroxylation is 1. The Hall–Kier alpha value is -1.95. The Morgan fingerprint density at radius 2 is 1.67 bits per heavy atom. The van der Waals surface area contributed by atoms with Crippen LogP contribution in [0.1, 0.15) is 23.0 Å². The van der Waals surface area contributed by atoms with Crippen LogP contribution < -0.4 is 0 Å². The van der Waals surface area contributed by atoms with Crippen molar-refractivity contribution in [2.45, 2.75) is 13.0 Å². The zero-order chi connectivity index (χ0) is 17.3. The van der Waals surface area contributed by atoms with Crippen LogP contribution in [-0.4, -0.2) is 39.2 Å². The van der Waals surface area contributed by atoms with Crippen LogP contribution in [0, 0.1) is 6.92 Å². The Balaban J connectivity index is 2.13. The van der Waals surface area contributed by atoms with Gasteiger partial charge in [-0.2, -0.15) is 4.68 Å². The standard InChI is InChI=1S/C17H17Cl2N5/c1-11-4-7-14(19)10-15(11)24-17(20-21-22-24)16(23(2)3)12-5-8-13(18)9-6-12/h4-10,16H,1-3H3. The smallest absolute Gasteiger partial charge is 0.178 e. The number of nitrogens with zero attached hydrogens (tertiary/aromatic N) is 5. The van der Waals surface area contributed by atoms with Crippen molar-refractivity contribution in [3.05, 3.63) is 69.5 Å². The first kappa shape index (κ1) is 16.9. The van der Waals surface area contributed by atoms with E-state index in [1.165, 1.54) is 0 Å². The van der Waals surface area contributed by atoms with Gasteiger partial charge in [-0.05, 0) is 66.8 Å². The molecule has 24 heavy (non-hydrogen) atoms. The highest BCUT2D eigenvalue weighted by Crippen LogP contribution is 2.28. The van der Waals surface area contributed by atoms with Gasteiger partial charge in [0.05, 0.1) is 11.7 Å². The van der Waals surface area contributed by atoms with Gasteiger partial charge in [-0.25, -0.2) is 0 Å². The van der Waals surface area contributed by atoms with E-state index in [0.717, 1.165) is 16.8 Å². The van der Waals surface area contributed by atoms with Crippen molar-refractivity contribution in [1.82, 2.24) is 25.1 Å². The summed E-state index contributed by atoms with van der Waals surface area (Å²) in [5.41, 5.74) is 2.96. The minimum atomic E-state index is -0.115. The maximum Gasteiger partial charge on any atom is 0.178 e. The molecule has 5 nitrogen and oxygen atoms in total. The number of halogens is 2. The zero-order valence-corrected chi connectivity index (χ0v) is 15.1. The number of hydrogen-bond acceptors (Lipinski definition) is 4. The SMILES string of the molecule is Cc1ccc(Cl)cc1-n1nnnc1C(c1ccc(Cl)cc1)N(C)C. The topological polar surface area (TPSA) is 46.8 Å². The van der Waals surface area contributed by atoms with Crippen LogP contribution in [0.15, 0.2) is 42.5 Å². The number of hydrogen-bond donors (Lipinski definition) is 0. The van der Waals surface area contributed by atoms with Crippen LogP contribution in [0.25, 0.3) is 5.69 Å². The molecule has 0 spiro atoms. The fourth-order valence-electron chi connectivity index (χ4n) is 2.67. The van der Waals surface area contributed by atoms with Gasteiger partial charge in [0.1, 0.15) is 0 Å². The van der Waals surface area contributed by atoms with Gasteiger partial charge in [0, 0.05) is 10.0 Å². The molecule has 0 saturated carbocycles. The molecule has 0 amide bonds. The summed E-state index contributed by atoms with van der Waals surface area (Å²) >= 11 is 12.2. The van der Waals surface area contributed by atoms with Crippen LogP contribution in [0.3, 0.4) is 0 Å². The molecule has 0 radical (unpaired) electrons. The Morgan fingerprint density at radius 1 is 1.00 bits per heavy atom. The molecule has 1 heterocycles. The van der Waals surface area contributed by atoms with Crippen molar-refractivity contribution < 1.29 is 0 Å². The molecule has 0 aliphatic carbocycles. The summed E-state index contributed by atoms with van der Waals surface area (Å²) in [6.45, 7) is 2.00. The molecule has 2 aromatic carbocycles. The highest BCUT2D eigenvalue weighted by Gasteiger charge is 2.24. The lowest BCUT2D eigenvalue weighted by Gasteiger charge is -2.24. The minimum Gasteiger partial charge on any atom is -0.296 e. The van der Waals surface area contributed by atoms with Crippen molar-refractivity contribution in [3.8, 4) is 5.69 Å². The summed E-state index contributed by atoms with van der Waals surface area (Å²) in [5.74, 6) is 0.715. The average molecular weight is 362 g/mol. The second kappa shape index (κ2) is 6.89. The van der Waals surface area contributed by atoms with Gasteiger partial charge in [-0.1, -0.05) is 41.4 Å². The molecule has 0 fully saturated rings. The lowest BCUT2D eigenvalue weighted by Crippen LogP contribution is -2.24. The fourth-order valence-corrected chi connectivity index (χ4v) is 2.96. The summed E-state index contributed by atoms with van der Waals surface area (Å²) in [6, 6.07) is 13.3. The van der Waals surface area contributed by atoms with Crippen LogP contribution in [0.5, 0.6) is 0 Å². The molecule has 0 aliphatic rings. The van der Waals surface area contributed by atoms with Crippen LogP contribution in [0.2, 0.25) is 10.0 Å². The first-order chi connectivity index (χ1) is 11.5. The van der Waals surface area contributed by atoms with E-state index in [2.05, 4.69) is 20.4 Å². The highest BCUT2D eigenvalue weighted by atomic mass is 35.5. The monoisotopic (exact) mass is 361 g/mol. The van der Waals surface area contributed by atoms with Crippen molar-refractivity contribution >= 4 is 23.2 Å². The molecule has 1 atom stereocenters. The van der Waals surface area contributed by atoms with Gasteiger partial charge in [-0.3, -0.25) is 4.90 Å². The summed E-state index contributed by atoms with van der Waals surface area (Å²) in [4.78, 5) is 2.06. The molecule has 3 rings (SSSR count). The average Bonchev–Trinajstić information content (AvgIpc) is 3.00. The lowest BCUT2D eigenvalue weighted by atomic mass is 10.0. The van der Waals surface area contributed by atoms with E-state index >= 15 is 0 Å². The minimum absolute atomic E-state index is 0.115. The molecule has 0 bridgehead atoms. The van der Waals surface area contributed by atoms with E-state index in [4.69, 9.17) is 23.2 Å². The second-order valence-electron chi connectivity index (χ2n) is 5.80. The van der Waals surface area contributed by atoms with E-state index in [-0.39, 0.29) is 6.04 Å². The predicted octanol–water partition coefficient (Wildman–Crippen LogP) is 3.93. The summed E-state index contributed by atoms with van der Waals surface area (Å²) < 4.78 is 1.74. The molecule has 1 unspecified atom stereocenters. The molecule has 124 valence electrons. The molecule has 0 saturated heterocycles. The van der Waals surface area contributed by atoms with Crippen LogP contribution in [-0.2, 0) is 0 Å². The number of aromatic nitrogens is 4. The van der Waals surface area contributed by atoms with Crippen molar-refractivity contribution in [1.29, 1.82) is 0 Å². The second-order valence-corrected chi connectivity index (χ2v) is 6.67. The van der Waals surface area contributed by atoms with Crippen LogP contribution >= 0.6 is 23.2 Å². The van der Waals surface area contributed by atoms with Crippen LogP contribution in [0.4, 0.5) is 0 Å². The summed E-state index contributed by atoms with van der Waals surface area (Å²) in [7, 11) is 3.98. The maximum absolute atomic E-state index is 6.16. The Morgan fingerprint density at radius 3 is 2.33 bits per heavy atom. The molecule has 7 heteroatoms. The van der Waals surface area contributed by atoms with Crippen molar-refractivity contribution in [2.75, 3.05) is 14.1 Å². The highest BCUT2D eigenvalue weighted by molar-refractivity contribution is 6.31. The number of benzene rings is 2. The maximum atomic E-state index is 6.16. The van der Waals surface area contributed by atoms with Gasteiger partial charge in [-0.15, -0.1) is 5.10 Å². The Bertz CT molecular complexity index is 842. The van der Waals surface area contributed by atoms with E-state index in [1.54, 1.807) is 4.68 Å². The first-order valence-corrected chi connectivity index (χ1v) is 8.19. The predicted molar refractivity (Wildman–Crippen MR) is 95.9 cm³/mol. The van der Waals surface area contributed by atoms with Gasteiger partial charge in [0.2, 0.25) is 0 Å². The quantitative estimate of drug-likeness (QED) is 0.706. The molecule has 1 aromatic heterocycles. The van der Waals surface area contributed by atoms with E-state index in [9.17, 15) is 0 Å². The largest absolute Gasteiger partial charge is 0.296 e. The van der Waals surface area contributed by atoms with E-state index in [0.29, 0.717) is 15.9 Å². The zero-order valence-electron chi connectivity index (χ0n) is 13.6. The van der Waals surface area contributed by atoms with Gasteiger partial charge < -0.3 is 0 Å². The van der Waals surface area contributed by atoms with E-state index < -0.39 is 0 Å². The van der Waals surface area contributed by atoms with E-state index in [1.807, 2.05) is 63.5 Å². The number of rotatable bonds is 4. The third-order valence-electron chi connectivity index (χ3n) is 3.84. The lowest BCUT2D eigenvalue weighted by molar-refractivity contribution is 0.325.